The summed E-state index contributed by atoms with van der Waals surface area (Å²) in [5.41, 5.74) is 36.0. The largest absolute Gasteiger partial charge is 1.00 e. The molecular formula is C98H116Cl4N9NaO11. The Morgan fingerprint density at radius 2 is 0.789 bits per heavy atom. The van der Waals surface area contributed by atoms with Crippen molar-refractivity contribution in [2.45, 2.75) is 151 Å². The van der Waals surface area contributed by atoms with E-state index >= 15 is 0 Å². The van der Waals surface area contributed by atoms with Crippen molar-refractivity contribution in [1.29, 1.82) is 0 Å². The van der Waals surface area contributed by atoms with E-state index in [2.05, 4.69) is 182 Å². The van der Waals surface area contributed by atoms with E-state index in [1.165, 1.54) is 86.4 Å². The van der Waals surface area contributed by atoms with Crippen LogP contribution in [-0.4, -0.2) is 100 Å². The normalized spacial score (nSPS) is 10.2. The van der Waals surface area contributed by atoms with Crippen molar-refractivity contribution >= 4 is 106 Å². The standard InChI is InChI=1S/C19H21NO4.C17H19NO2.C16H17NO2.C14H15NO.C13H15N.C7H9N.C6H10Cl2O.C3H5ClO.C3H5Cl.N3.Na/c1-3-16-10-11-17(12-13-18(21)24-19(22)23-4-2)20(16)14-15-8-6-5-7-9-15;1-3-15-9-10-16(11-12-17(19)20-2)18(15)13-14-7-5-4-6-8-14;1-2-14-8-9-15(10-11-16(18)19)17(14)12-13-6-4-3-5-7-13;1-2-13-8-9-14(11-16)15(13)10-12-6-4-3-5-7-12;1-2-13-9-6-10-14(13)11-12-7-4-3-5-8-12;8-6-7-4-2-1-3-5-7;1-2-6(9)3-5(8)4-7;1-2-3(4)5;1-2-3-4;1-3-2;/h5-13H,3-4,14H2,1-2H3;4-12H,3,13H2,1-2H3;3-11H,2,12H2,1H3,(H,18,19);3-9,11H,2,10H2,1H3;3-10H,2,11H2,1H3;1-5H,6,8H2;5H,2-4H2,1H3;2H2,1H3;2H,1,3H2;;/q;;;;;;;;;-1;+1/b13-12+;12-11+;11-10+;;;;;;;;. The van der Waals surface area contributed by atoms with Crippen molar-refractivity contribution < 1.29 is 82.4 Å². The summed E-state index contributed by atoms with van der Waals surface area (Å²) in [6, 6.07) is 81.6. The van der Waals surface area contributed by atoms with Crippen LogP contribution in [0.25, 0.3) is 34.2 Å². The molecule has 0 saturated heterocycles. The number of rotatable bonds is 30. The number of ketones is 1. The van der Waals surface area contributed by atoms with Gasteiger partial charge in [0.05, 0.1) is 24.8 Å². The Morgan fingerprint density at radius 3 is 1.07 bits per heavy atom. The number of hydrogen-bond acceptors (Lipinski definition) is 11. The smallest absolute Gasteiger partial charge is 0.478 e. The van der Waals surface area contributed by atoms with Gasteiger partial charge in [-0.2, -0.15) is 0 Å². The third-order valence-corrected chi connectivity index (χ3v) is 18.8. The number of esters is 2. The first-order valence-corrected chi connectivity index (χ1v) is 42.0. The minimum atomic E-state index is -0.985. The molecule has 6 aromatic carbocycles. The van der Waals surface area contributed by atoms with Gasteiger partial charge in [-0.05, 0) is 163 Å². The van der Waals surface area contributed by atoms with E-state index in [4.69, 9.17) is 68.3 Å². The Labute approximate surface area is 768 Å². The molecule has 0 aliphatic rings. The number of allylic oxidation sites excluding steroid dienone is 1. The van der Waals surface area contributed by atoms with Crippen LogP contribution in [0.4, 0.5) is 4.79 Å². The molecule has 0 spiro atoms. The van der Waals surface area contributed by atoms with E-state index in [9.17, 15) is 33.6 Å². The number of alkyl halides is 3. The monoisotopic (exact) mass is 1760 g/mol. The van der Waals surface area contributed by atoms with Gasteiger partial charge in [-0.1, -0.05) is 237 Å². The maximum absolute atomic E-state index is 11.6. The SMILES string of the molecule is C=CCCl.CCC(=O)CC(Cl)CCl.CCC(=O)Cl.CCOC(=O)OC(=O)/C=C/c1ccc(CC)n1Cc1ccccc1.CCc1ccc(/C=C/C(=O)O)n1Cc1ccccc1.CCc1ccc(/C=C/C(=O)OC)n1Cc1ccccc1.CCc1ccc(C=O)n1Cc1ccccc1.CCc1cccn1Cc1ccccc1.NCc1ccccc1.[N-]=[N+]=[N-].[Na+]. The second-order valence-electron chi connectivity index (χ2n) is 26.0. The number of nitrogens with two attached hydrogens (primary N) is 1. The van der Waals surface area contributed by atoms with E-state index in [1.54, 1.807) is 38.2 Å². The topological polar surface area (TPSA) is 277 Å². The summed E-state index contributed by atoms with van der Waals surface area (Å²) >= 11 is 20.8. The molecule has 0 bridgehead atoms. The Kier molecular flexibility index (Phi) is 61.3. The quantitative estimate of drug-likeness (QED) is 0.00363. The number of carboxylic acid groups (broad SMARTS) is 1. The summed E-state index contributed by atoms with van der Waals surface area (Å²) in [4.78, 5) is 77.2. The average Bonchev–Trinajstić information content (AvgIpc) is 1.71. The van der Waals surface area contributed by atoms with Gasteiger partial charge >= 0.3 is 53.6 Å². The van der Waals surface area contributed by atoms with Gasteiger partial charge < -0.3 is 58.9 Å². The number of carboxylic acids is 1. The third kappa shape index (κ3) is 46.7. The first kappa shape index (κ1) is 110. The molecule has 5 heterocycles. The van der Waals surface area contributed by atoms with Gasteiger partial charge in [0.15, 0.2) is 6.29 Å². The average molecular weight is 1760 g/mol. The van der Waals surface area contributed by atoms with Crippen molar-refractivity contribution in [2.24, 2.45) is 5.73 Å². The Morgan fingerprint density at radius 1 is 0.472 bits per heavy atom. The molecule has 1 atom stereocenters. The van der Waals surface area contributed by atoms with Crippen LogP contribution >= 0.6 is 46.4 Å². The fourth-order valence-electron chi connectivity index (χ4n) is 11.3. The maximum atomic E-state index is 11.6. The van der Waals surface area contributed by atoms with Gasteiger partial charge in [0.25, 0.3) is 0 Å². The Hall–Kier alpha value is -11.0. The number of halogens is 4. The van der Waals surface area contributed by atoms with Crippen LogP contribution in [-0.2, 0) is 110 Å². The number of carbonyl (C=O) groups is 7. The van der Waals surface area contributed by atoms with Crippen LogP contribution in [0.5, 0.6) is 0 Å². The van der Waals surface area contributed by atoms with E-state index in [-0.39, 0.29) is 58.5 Å². The van der Waals surface area contributed by atoms with Crippen molar-refractivity contribution in [3.8, 4) is 0 Å². The van der Waals surface area contributed by atoms with Crippen LogP contribution in [0.3, 0.4) is 0 Å². The number of carbonyl (C=O) groups excluding carboxylic acids is 6. The fourth-order valence-corrected chi connectivity index (χ4v) is 11.6. The molecule has 3 N–H and O–H groups in total. The molecule has 123 heavy (non-hydrogen) atoms. The number of aldehydes is 1. The number of aromatic nitrogens is 5. The van der Waals surface area contributed by atoms with Crippen LogP contribution in [0, 0.1) is 0 Å². The number of benzene rings is 6. The van der Waals surface area contributed by atoms with Gasteiger partial charge in [0.2, 0.25) is 5.24 Å². The molecule has 1 unspecified atom stereocenters. The molecule has 0 fully saturated rings. The zero-order valence-electron chi connectivity index (χ0n) is 72.3. The van der Waals surface area contributed by atoms with Crippen LogP contribution < -0.4 is 35.3 Å². The molecule has 0 radical (unpaired) electrons. The Bertz CT molecular complexity index is 4890. The first-order valence-electron chi connectivity index (χ1n) is 40.1. The summed E-state index contributed by atoms with van der Waals surface area (Å²) in [5.74, 6) is -0.927. The van der Waals surface area contributed by atoms with Crippen LogP contribution in [0.1, 0.15) is 164 Å². The second-order valence-corrected chi connectivity index (χ2v) is 27.7. The summed E-state index contributed by atoms with van der Waals surface area (Å²) in [7, 11) is 1.38. The molecule has 5 aromatic heterocycles. The van der Waals surface area contributed by atoms with Crippen molar-refractivity contribution in [3.05, 3.63) is 380 Å². The molecule has 648 valence electrons. The molecule has 25 heteroatoms. The minimum absolute atomic E-state index is 0. The summed E-state index contributed by atoms with van der Waals surface area (Å²) in [6.45, 7) is 24.0. The zero-order valence-corrected chi connectivity index (χ0v) is 77.3. The van der Waals surface area contributed by atoms with Crippen molar-refractivity contribution in [1.82, 2.24) is 22.8 Å². The summed E-state index contributed by atoms with van der Waals surface area (Å²) in [6.07, 6.45) is 18.9. The summed E-state index contributed by atoms with van der Waals surface area (Å²) in [5, 5.41) is 8.27. The van der Waals surface area contributed by atoms with Crippen LogP contribution in [0.15, 0.2) is 280 Å². The number of nitrogens with zero attached hydrogens (tertiary/aromatic N) is 8. The molecule has 20 nitrogen and oxygen atoms in total. The molecular weight excluding hydrogens is 1640 g/mol. The van der Waals surface area contributed by atoms with Gasteiger partial charge in [-0.15, -0.1) is 41.4 Å². The molecule has 0 aliphatic carbocycles. The van der Waals surface area contributed by atoms with E-state index in [1.807, 2.05) is 153 Å². The molecule has 0 saturated carbocycles. The van der Waals surface area contributed by atoms with Crippen LogP contribution in [0.2, 0.25) is 0 Å². The fraction of sp³-hybridized carbons (Fsp3) is 0.276. The summed E-state index contributed by atoms with van der Waals surface area (Å²) < 4.78 is 24.6. The third-order valence-electron chi connectivity index (χ3n) is 17.5. The van der Waals surface area contributed by atoms with E-state index < -0.39 is 18.1 Å². The molecule has 0 aliphatic heterocycles. The number of hydrogen-bond donors (Lipinski definition) is 2. The number of ether oxygens (including phenoxy) is 3. The van der Waals surface area contributed by atoms with E-state index in [0.29, 0.717) is 44.1 Å². The van der Waals surface area contributed by atoms with Gasteiger partial charge in [0, 0.05) is 140 Å². The maximum Gasteiger partial charge on any atom is 1.00 e. The number of aliphatic carboxylic acids is 1. The van der Waals surface area contributed by atoms with Gasteiger partial charge in [0.1, 0.15) is 5.78 Å². The zero-order chi connectivity index (χ0) is 90.1. The molecule has 11 rings (SSSR count). The Balaban J connectivity index is 0.000000714. The number of aryl methyl sites for hydroxylation is 5. The van der Waals surface area contributed by atoms with E-state index in [0.717, 1.165) is 93.0 Å². The number of methoxy groups -OCH3 is 1. The minimum Gasteiger partial charge on any atom is -0.478 e. The molecule has 0 amide bonds. The van der Waals surface area contributed by atoms with Gasteiger partial charge in [-0.25, -0.2) is 19.2 Å². The first-order chi connectivity index (χ1) is 59.1. The predicted molar refractivity (Wildman–Crippen MR) is 499 cm³/mol. The van der Waals surface area contributed by atoms with Crippen molar-refractivity contribution in [2.75, 3.05) is 25.5 Å². The second kappa shape index (κ2) is 68.5. The molecule has 11 aromatic rings. The predicted octanol–water partition coefficient (Wildman–Crippen LogP) is 20.1. The van der Waals surface area contributed by atoms with Gasteiger partial charge in [-0.3, -0.25) is 19.3 Å². The van der Waals surface area contributed by atoms with Crippen molar-refractivity contribution in [3.63, 3.8) is 0 Å². The number of Topliss-reactive ketones (excluding diaryl/α,β-unsaturated/α-hetero) is 1.